The number of amides is 2. The molecule has 9 heteroatoms. The molecule has 3 rings (SSSR count). The van der Waals surface area contributed by atoms with E-state index in [9.17, 15) is 9.59 Å². The first-order valence-corrected chi connectivity index (χ1v) is 9.62. The summed E-state index contributed by atoms with van der Waals surface area (Å²) >= 11 is 1.22. The minimum Gasteiger partial charge on any atom is -0.497 e. The molecule has 2 amide bonds. The van der Waals surface area contributed by atoms with Gasteiger partial charge in [0.1, 0.15) is 22.5 Å². The minimum absolute atomic E-state index is 0.00596. The number of hydrogen-bond acceptors (Lipinski definition) is 7. The number of methoxy groups -OCH3 is 3. The summed E-state index contributed by atoms with van der Waals surface area (Å²) in [6.45, 7) is 0. The van der Waals surface area contributed by atoms with Gasteiger partial charge in [-0.3, -0.25) is 9.59 Å². The van der Waals surface area contributed by atoms with Crippen molar-refractivity contribution in [3.63, 3.8) is 0 Å². The van der Waals surface area contributed by atoms with Gasteiger partial charge in [0.05, 0.1) is 32.7 Å². The van der Waals surface area contributed by atoms with Crippen molar-refractivity contribution in [1.82, 2.24) is 5.32 Å². The first-order chi connectivity index (χ1) is 14.0. The van der Waals surface area contributed by atoms with E-state index in [-0.39, 0.29) is 18.2 Å². The highest BCUT2D eigenvalue weighted by molar-refractivity contribution is 8.15. The lowest BCUT2D eigenvalue weighted by Gasteiger charge is -2.12. The van der Waals surface area contributed by atoms with E-state index in [1.165, 1.54) is 26.0 Å². The summed E-state index contributed by atoms with van der Waals surface area (Å²) < 4.78 is 15.6. The minimum atomic E-state index is -0.573. The zero-order chi connectivity index (χ0) is 20.8. The van der Waals surface area contributed by atoms with Crippen LogP contribution in [0.2, 0.25) is 0 Å². The number of amidine groups is 1. The number of carbonyl (C=O) groups excluding carboxylic acids is 2. The smallest absolute Gasteiger partial charge is 0.240 e. The normalized spacial score (nSPS) is 17.0. The van der Waals surface area contributed by atoms with Crippen LogP contribution in [-0.2, 0) is 9.59 Å². The van der Waals surface area contributed by atoms with Crippen molar-refractivity contribution in [1.29, 1.82) is 0 Å². The van der Waals surface area contributed by atoms with Gasteiger partial charge in [-0.2, -0.15) is 0 Å². The van der Waals surface area contributed by atoms with Crippen LogP contribution in [0.15, 0.2) is 47.5 Å². The Morgan fingerprint density at radius 1 is 1.10 bits per heavy atom. The monoisotopic (exact) mass is 415 g/mol. The molecule has 0 aliphatic carbocycles. The highest BCUT2D eigenvalue weighted by Crippen LogP contribution is 2.30. The number of nitrogens with zero attached hydrogens (tertiary/aromatic N) is 1. The first kappa shape index (κ1) is 20.5. The molecule has 0 radical (unpaired) electrons. The summed E-state index contributed by atoms with van der Waals surface area (Å²) in [6, 6.07) is 12.3. The molecule has 2 aromatic carbocycles. The van der Waals surface area contributed by atoms with Crippen LogP contribution in [0.3, 0.4) is 0 Å². The Kier molecular flexibility index (Phi) is 6.61. The topological polar surface area (TPSA) is 98.2 Å². The van der Waals surface area contributed by atoms with E-state index >= 15 is 0 Å². The van der Waals surface area contributed by atoms with Gasteiger partial charge in [0.25, 0.3) is 0 Å². The summed E-state index contributed by atoms with van der Waals surface area (Å²) in [7, 11) is 4.62. The Labute approximate surface area is 172 Å². The van der Waals surface area contributed by atoms with Gasteiger partial charge in [0.15, 0.2) is 5.17 Å². The first-order valence-electron chi connectivity index (χ1n) is 8.74. The number of hydrogen-bond donors (Lipinski definition) is 2. The lowest BCUT2D eigenvalue weighted by molar-refractivity contribution is -0.122. The molecule has 1 aliphatic heterocycles. The van der Waals surface area contributed by atoms with Crippen LogP contribution in [0.5, 0.6) is 17.2 Å². The fraction of sp³-hybridized carbons (Fsp3) is 0.250. The number of rotatable bonds is 7. The summed E-state index contributed by atoms with van der Waals surface area (Å²) in [4.78, 5) is 29.1. The molecule has 2 aromatic rings. The van der Waals surface area contributed by atoms with Crippen molar-refractivity contribution in [2.75, 3.05) is 26.6 Å². The van der Waals surface area contributed by atoms with Crippen molar-refractivity contribution in [2.24, 2.45) is 4.99 Å². The highest BCUT2D eigenvalue weighted by atomic mass is 32.2. The van der Waals surface area contributed by atoms with E-state index in [0.29, 0.717) is 33.8 Å². The molecule has 29 heavy (non-hydrogen) atoms. The Morgan fingerprint density at radius 2 is 1.86 bits per heavy atom. The van der Waals surface area contributed by atoms with Gasteiger partial charge in [0, 0.05) is 18.6 Å². The molecule has 1 heterocycles. The van der Waals surface area contributed by atoms with Gasteiger partial charge in [-0.1, -0.05) is 17.8 Å². The zero-order valence-corrected chi connectivity index (χ0v) is 17.0. The number of benzene rings is 2. The fourth-order valence-corrected chi connectivity index (χ4v) is 3.66. The number of ether oxygens (including phenoxy) is 3. The molecule has 0 spiro atoms. The van der Waals surface area contributed by atoms with Gasteiger partial charge in [-0.25, -0.2) is 4.99 Å². The van der Waals surface area contributed by atoms with Gasteiger partial charge in [0.2, 0.25) is 11.8 Å². The van der Waals surface area contributed by atoms with Crippen LogP contribution in [0.4, 0.5) is 11.4 Å². The van der Waals surface area contributed by atoms with E-state index in [0.717, 1.165) is 0 Å². The second kappa shape index (κ2) is 9.33. The predicted molar refractivity (Wildman–Crippen MR) is 112 cm³/mol. The van der Waals surface area contributed by atoms with Crippen molar-refractivity contribution < 1.29 is 23.8 Å². The van der Waals surface area contributed by atoms with E-state index in [1.807, 2.05) is 12.1 Å². The van der Waals surface area contributed by atoms with E-state index in [1.54, 1.807) is 37.4 Å². The van der Waals surface area contributed by atoms with Crippen LogP contribution in [0.1, 0.15) is 6.42 Å². The highest BCUT2D eigenvalue weighted by Gasteiger charge is 2.32. The molecule has 152 valence electrons. The molecule has 2 N–H and O–H groups in total. The van der Waals surface area contributed by atoms with Crippen LogP contribution < -0.4 is 24.8 Å². The molecule has 1 atom stereocenters. The number of carbonyl (C=O) groups is 2. The summed E-state index contributed by atoms with van der Waals surface area (Å²) in [5.74, 6) is 1.19. The Bertz CT molecular complexity index is 947. The number of aliphatic imine (C=N–C) groups is 1. The average Bonchev–Trinajstić information content (AvgIpc) is 3.06. The van der Waals surface area contributed by atoms with Crippen LogP contribution in [-0.4, -0.2) is 43.6 Å². The Hall–Kier alpha value is -3.20. The molecule has 0 bridgehead atoms. The van der Waals surface area contributed by atoms with Crippen molar-refractivity contribution in [2.45, 2.75) is 11.7 Å². The predicted octanol–water partition coefficient (Wildman–Crippen LogP) is 2.96. The third-order valence-electron chi connectivity index (χ3n) is 4.11. The van der Waals surface area contributed by atoms with Crippen LogP contribution >= 0.6 is 11.8 Å². The maximum atomic E-state index is 12.5. The molecule has 0 saturated carbocycles. The Balaban J connectivity index is 1.65. The standard InChI is InChI=1S/C20H21N3O5S/c1-26-13-6-4-5-12(9-13)21-20-23-19(25)17(29-20)11-18(24)22-15-10-14(27-2)7-8-16(15)28-3/h4-10,17H,11H2,1-3H3,(H,22,24)(H,21,23,25)/t17-/m0/s1. The lowest BCUT2D eigenvalue weighted by atomic mass is 10.2. The molecule has 1 saturated heterocycles. The van der Waals surface area contributed by atoms with Crippen LogP contribution in [0, 0.1) is 0 Å². The second-order valence-electron chi connectivity index (χ2n) is 6.03. The second-order valence-corrected chi connectivity index (χ2v) is 7.22. The third-order valence-corrected chi connectivity index (χ3v) is 5.19. The van der Waals surface area contributed by atoms with Gasteiger partial charge < -0.3 is 24.8 Å². The summed E-state index contributed by atoms with van der Waals surface area (Å²) in [5, 5.41) is 5.35. The molecule has 1 fully saturated rings. The van der Waals surface area contributed by atoms with Gasteiger partial charge in [-0.05, 0) is 24.3 Å². The Morgan fingerprint density at radius 3 is 2.59 bits per heavy atom. The number of anilines is 1. The quantitative estimate of drug-likeness (QED) is 0.722. The van der Waals surface area contributed by atoms with Crippen molar-refractivity contribution >= 4 is 40.1 Å². The maximum absolute atomic E-state index is 12.5. The molecule has 8 nitrogen and oxygen atoms in total. The SMILES string of the molecule is COc1cccc(N=C2NC(=O)[C@H](CC(=O)Nc3cc(OC)ccc3OC)S2)c1. The van der Waals surface area contributed by atoms with Crippen LogP contribution in [0.25, 0.3) is 0 Å². The lowest BCUT2D eigenvalue weighted by Crippen LogP contribution is -2.28. The zero-order valence-electron chi connectivity index (χ0n) is 16.2. The van der Waals surface area contributed by atoms with Gasteiger partial charge in [-0.15, -0.1) is 0 Å². The molecule has 0 aromatic heterocycles. The van der Waals surface area contributed by atoms with E-state index < -0.39 is 5.25 Å². The number of thioether (sulfide) groups is 1. The van der Waals surface area contributed by atoms with Gasteiger partial charge >= 0.3 is 0 Å². The van der Waals surface area contributed by atoms with Crippen molar-refractivity contribution in [3.8, 4) is 17.2 Å². The molecule has 0 unspecified atom stereocenters. The summed E-state index contributed by atoms with van der Waals surface area (Å²) in [6.07, 6.45) is -0.00596. The fourth-order valence-electron chi connectivity index (χ4n) is 2.67. The molecular weight excluding hydrogens is 394 g/mol. The maximum Gasteiger partial charge on any atom is 0.240 e. The third kappa shape index (κ3) is 5.20. The average molecular weight is 415 g/mol. The molecular formula is C20H21N3O5S. The number of nitrogens with one attached hydrogen (secondary N) is 2. The van der Waals surface area contributed by atoms with E-state index in [4.69, 9.17) is 14.2 Å². The van der Waals surface area contributed by atoms with E-state index in [2.05, 4.69) is 15.6 Å². The molecule has 1 aliphatic rings. The van der Waals surface area contributed by atoms with Crippen molar-refractivity contribution in [3.05, 3.63) is 42.5 Å². The summed E-state index contributed by atoms with van der Waals surface area (Å²) in [5.41, 5.74) is 1.13. The largest absolute Gasteiger partial charge is 0.497 e.